The topological polar surface area (TPSA) is 101 Å². The van der Waals surface area contributed by atoms with E-state index in [9.17, 15) is 14.4 Å². The summed E-state index contributed by atoms with van der Waals surface area (Å²) < 4.78 is 20.7. The molecule has 0 amide bonds. The Bertz CT molecular complexity index is 1060. The van der Waals surface area contributed by atoms with Crippen LogP contribution >= 0.6 is 0 Å². The molecule has 1 heterocycles. The summed E-state index contributed by atoms with van der Waals surface area (Å²) in [6.07, 6.45) is 8.12. The van der Waals surface area contributed by atoms with E-state index in [1.807, 2.05) is 0 Å². The van der Waals surface area contributed by atoms with Crippen molar-refractivity contribution in [2.24, 2.45) is 0 Å². The number of hydrogen-bond acceptors (Lipinski definition) is 8. The molecular formula is C26H25NO7. The maximum absolute atomic E-state index is 12.3. The lowest BCUT2D eigenvalue weighted by Gasteiger charge is -2.08. The van der Waals surface area contributed by atoms with Crippen LogP contribution in [0.25, 0.3) is 0 Å². The van der Waals surface area contributed by atoms with Crippen LogP contribution in [0.5, 0.6) is 5.75 Å². The van der Waals surface area contributed by atoms with Crippen molar-refractivity contribution >= 4 is 17.9 Å². The van der Waals surface area contributed by atoms with Gasteiger partial charge in [0.1, 0.15) is 17.3 Å². The summed E-state index contributed by atoms with van der Waals surface area (Å²) >= 11 is 0. The lowest BCUT2D eigenvalue weighted by Crippen LogP contribution is -2.05. The Labute approximate surface area is 197 Å². The average molecular weight is 463 g/mol. The summed E-state index contributed by atoms with van der Waals surface area (Å²) in [4.78, 5) is 39.0. The molecule has 0 radical (unpaired) electrons. The molecule has 0 spiro atoms. The molecule has 0 N–H and O–H groups in total. The van der Waals surface area contributed by atoms with Crippen LogP contribution in [-0.4, -0.2) is 36.1 Å². The minimum atomic E-state index is -0.608. The van der Waals surface area contributed by atoms with Gasteiger partial charge in [0, 0.05) is 18.5 Å². The number of nitrogens with zero attached hydrogens (tertiary/aromatic N) is 1. The highest BCUT2D eigenvalue weighted by molar-refractivity contribution is 5.90. The molecule has 0 atom stereocenters. The van der Waals surface area contributed by atoms with Crippen LogP contribution in [-0.2, 0) is 19.0 Å². The van der Waals surface area contributed by atoms with Crippen molar-refractivity contribution in [1.29, 1.82) is 0 Å². The van der Waals surface area contributed by atoms with E-state index < -0.39 is 17.9 Å². The molecule has 2 aromatic rings. The number of pyridine rings is 1. The highest BCUT2D eigenvalue weighted by atomic mass is 16.5. The molecule has 0 bridgehead atoms. The number of carbonyl (C=O) groups is 3. The van der Waals surface area contributed by atoms with Crippen molar-refractivity contribution in [2.45, 2.75) is 12.8 Å². The molecule has 1 aromatic carbocycles. The first kappa shape index (κ1) is 25.8. The van der Waals surface area contributed by atoms with Crippen molar-refractivity contribution in [3.8, 4) is 5.75 Å². The van der Waals surface area contributed by atoms with Gasteiger partial charge in [0.15, 0.2) is 0 Å². The maximum Gasteiger partial charge on any atom is 0.345 e. The number of hydrogen-bond donors (Lipinski definition) is 0. The predicted molar refractivity (Wildman–Crippen MR) is 125 cm³/mol. The summed E-state index contributed by atoms with van der Waals surface area (Å²) in [5, 5.41) is 0. The predicted octanol–water partition coefficient (Wildman–Crippen LogP) is 4.57. The SMILES string of the molecule is C=CC(=O)OCCCCOc1ccc(C(=O)OC(=C)/C=C\C(=C)OC(=O)c2cccnc2)cc1. The van der Waals surface area contributed by atoms with Crippen LogP contribution < -0.4 is 4.74 Å². The van der Waals surface area contributed by atoms with Crippen molar-refractivity contribution in [3.05, 3.63) is 109 Å². The molecule has 176 valence electrons. The van der Waals surface area contributed by atoms with Gasteiger partial charge in [-0.05, 0) is 61.4 Å². The number of carbonyl (C=O) groups excluding carboxylic acids is 3. The van der Waals surface area contributed by atoms with Gasteiger partial charge in [-0.1, -0.05) is 19.7 Å². The number of rotatable bonds is 13. The van der Waals surface area contributed by atoms with Crippen LogP contribution in [0, 0.1) is 0 Å². The van der Waals surface area contributed by atoms with Gasteiger partial charge in [0.25, 0.3) is 0 Å². The number of benzene rings is 1. The Morgan fingerprint density at radius 3 is 2.06 bits per heavy atom. The van der Waals surface area contributed by atoms with Gasteiger partial charge >= 0.3 is 17.9 Å². The molecule has 0 aliphatic carbocycles. The van der Waals surface area contributed by atoms with E-state index in [2.05, 4.69) is 24.7 Å². The number of unbranched alkanes of at least 4 members (excludes halogenated alkanes) is 1. The minimum Gasteiger partial charge on any atom is -0.494 e. The zero-order valence-electron chi connectivity index (χ0n) is 18.6. The Hall–Kier alpha value is -4.46. The molecule has 2 rings (SSSR count). The first-order valence-corrected chi connectivity index (χ1v) is 10.3. The fourth-order valence-corrected chi connectivity index (χ4v) is 2.41. The van der Waals surface area contributed by atoms with Crippen molar-refractivity contribution in [3.63, 3.8) is 0 Å². The third kappa shape index (κ3) is 9.35. The second kappa shape index (κ2) is 13.8. The highest BCUT2D eigenvalue weighted by Gasteiger charge is 2.10. The van der Waals surface area contributed by atoms with E-state index in [0.29, 0.717) is 37.4 Å². The van der Waals surface area contributed by atoms with E-state index in [1.165, 1.54) is 18.3 Å². The van der Waals surface area contributed by atoms with Gasteiger partial charge < -0.3 is 18.9 Å². The lowest BCUT2D eigenvalue weighted by atomic mass is 10.2. The Kier molecular flexibility index (Phi) is 10.5. The smallest absolute Gasteiger partial charge is 0.345 e. The standard InChI is InChI=1S/C26H25NO7/c1-4-24(28)32-17-6-5-16-31-23-13-11-21(12-14-23)25(29)33-19(2)9-10-20(3)34-26(30)22-8-7-15-27-18-22/h4,7-15,18H,1-3,5-6,16-17H2/b10-9-. The minimum absolute atomic E-state index is 0.0426. The van der Waals surface area contributed by atoms with Gasteiger partial charge in [-0.3, -0.25) is 4.98 Å². The molecule has 1 aromatic heterocycles. The van der Waals surface area contributed by atoms with Crippen molar-refractivity contribution in [2.75, 3.05) is 13.2 Å². The van der Waals surface area contributed by atoms with E-state index in [1.54, 1.807) is 42.6 Å². The number of allylic oxidation sites excluding steroid dienone is 2. The van der Waals surface area contributed by atoms with Gasteiger partial charge in [-0.15, -0.1) is 0 Å². The molecule has 8 nitrogen and oxygen atoms in total. The van der Waals surface area contributed by atoms with E-state index >= 15 is 0 Å². The summed E-state index contributed by atoms with van der Waals surface area (Å²) in [5.41, 5.74) is 0.587. The fourth-order valence-electron chi connectivity index (χ4n) is 2.41. The molecule has 0 aliphatic rings. The molecule has 0 fully saturated rings. The molecule has 0 unspecified atom stereocenters. The normalized spacial score (nSPS) is 10.2. The van der Waals surface area contributed by atoms with E-state index in [4.69, 9.17) is 18.9 Å². The number of esters is 3. The Balaban J connectivity index is 1.72. The zero-order chi connectivity index (χ0) is 24.8. The van der Waals surface area contributed by atoms with Crippen molar-refractivity contribution in [1.82, 2.24) is 4.98 Å². The summed E-state index contributed by atoms with van der Waals surface area (Å²) in [6.45, 7) is 11.3. The average Bonchev–Trinajstić information content (AvgIpc) is 2.85. The van der Waals surface area contributed by atoms with Crippen LogP contribution in [0.4, 0.5) is 0 Å². The third-order valence-corrected chi connectivity index (χ3v) is 4.11. The Morgan fingerprint density at radius 1 is 0.853 bits per heavy atom. The maximum atomic E-state index is 12.3. The van der Waals surface area contributed by atoms with Gasteiger partial charge in [0.05, 0.1) is 24.3 Å². The largest absolute Gasteiger partial charge is 0.494 e. The quantitative estimate of drug-likeness (QED) is 0.106. The van der Waals surface area contributed by atoms with Gasteiger partial charge in [0.2, 0.25) is 0 Å². The fraction of sp³-hybridized carbons (Fsp3) is 0.154. The third-order valence-electron chi connectivity index (χ3n) is 4.11. The molecule has 0 aliphatic heterocycles. The molecule has 8 heteroatoms. The molecular weight excluding hydrogens is 438 g/mol. The van der Waals surface area contributed by atoms with E-state index in [-0.39, 0.29) is 17.1 Å². The monoisotopic (exact) mass is 463 g/mol. The van der Waals surface area contributed by atoms with Gasteiger partial charge in [-0.25, -0.2) is 14.4 Å². The first-order chi connectivity index (χ1) is 16.4. The lowest BCUT2D eigenvalue weighted by molar-refractivity contribution is -0.137. The molecule has 34 heavy (non-hydrogen) atoms. The zero-order valence-corrected chi connectivity index (χ0v) is 18.6. The molecule has 0 saturated carbocycles. The van der Waals surface area contributed by atoms with Crippen LogP contribution in [0.3, 0.4) is 0 Å². The highest BCUT2D eigenvalue weighted by Crippen LogP contribution is 2.15. The van der Waals surface area contributed by atoms with Crippen LogP contribution in [0.2, 0.25) is 0 Å². The second-order valence-electron chi connectivity index (χ2n) is 6.74. The summed E-state index contributed by atoms with van der Waals surface area (Å²) in [7, 11) is 0. The number of ether oxygens (including phenoxy) is 4. The van der Waals surface area contributed by atoms with E-state index in [0.717, 1.165) is 6.08 Å². The van der Waals surface area contributed by atoms with Crippen molar-refractivity contribution < 1.29 is 33.3 Å². The Morgan fingerprint density at radius 2 is 1.47 bits per heavy atom. The van der Waals surface area contributed by atoms with Crippen LogP contribution in [0.1, 0.15) is 33.6 Å². The first-order valence-electron chi connectivity index (χ1n) is 10.3. The summed E-state index contributed by atoms with van der Waals surface area (Å²) in [6, 6.07) is 9.60. The molecule has 0 saturated heterocycles. The van der Waals surface area contributed by atoms with Gasteiger partial charge in [-0.2, -0.15) is 0 Å². The van der Waals surface area contributed by atoms with Crippen LogP contribution in [0.15, 0.2) is 98.3 Å². The number of aromatic nitrogens is 1. The summed E-state index contributed by atoms with van der Waals surface area (Å²) in [5.74, 6) is -0.986. The second-order valence-corrected chi connectivity index (χ2v) is 6.74.